The lowest BCUT2D eigenvalue weighted by molar-refractivity contribution is 0.262. The zero-order chi connectivity index (χ0) is 20.1. The molecule has 0 aliphatic heterocycles. The summed E-state index contributed by atoms with van der Waals surface area (Å²) < 4.78 is 27.6. The first kappa shape index (κ1) is 19.7. The summed E-state index contributed by atoms with van der Waals surface area (Å²) in [7, 11) is -3.81. The van der Waals surface area contributed by atoms with Gasteiger partial charge in [-0.15, -0.1) is 0 Å². The standard InChI is InChI=1S/C20H18ClN3O3S/c1-14-10-11-18(13-19(14)21)28(26,27)24-17-9-5-8-16(12-17)23-20(25)22-15-6-3-2-4-7-15/h2-13,24H,1H3,(H2,22,23,25). The molecule has 0 aliphatic rings. The van der Waals surface area contributed by atoms with E-state index in [1.165, 1.54) is 18.2 Å². The van der Waals surface area contributed by atoms with Crippen LogP contribution in [-0.4, -0.2) is 14.4 Å². The number of hydrogen-bond acceptors (Lipinski definition) is 3. The zero-order valence-electron chi connectivity index (χ0n) is 14.9. The first-order valence-electron chi connectivity index (χ1n) is 8.35. The maximum absolute atomic E-state index is 12.6. The van der Waals surface area contributed by atoms with Crippen LogP contribution in [0.4, 0.5) is 21.9 Å². The number of carbonyl (C=O) groups is 1. The van der Waals surface area contributed by atoms with Crippen LogP contribution in [0.1, 0.15) is 5.56 Å². The van der Waals surface area contributed by atoms with Crippen LogP contribution in [-0.2, 0) is 10.0 Å². The first-order valence-corrected chi connectivity index (χ1v) is 10.2. The van der Waals surface area contributed by atoms with Crippen LogP contribution >= 0.6 is 11.6 Å². The van der Waals surface area contributed by atoms with Crippen molar-refractivity contribution in [2.75, 3.05) is 15.4 Å². The van der Waals surface area contributed by atoms with Gasteiger partial charge in [-0.2, -0.15) is 0 Å². The summed E-state index contributed by atoms with van der Waals surface area (Å²) >= 11 is 6.03. The molecule has 0 saturated carbocycles. The molecular formula is C20H18ClN3O3S. The third-order valence-electron chi connectivity index (χ3n) is 3.86. The smallest absolute Gasteiger partial charge is 0.308 e. The van der Waals surface area contributed by atoms with Gasteiger partial charge in [0.05, 0.1) is 10.6 Å². The van der Waals surface area contributed by atoms with Crippen molar-refractivity contribution in [3.63, 3.8) is 0 Å². The summed E-state index contributed by atoms with van der Waals surface area (Å²) in [5.74, 6) is 0. The number of amides is 2. The second-order valence-electron chi connectivity index (χ2n) is 6.04. The van der Waals surface area contributed by atoms with Gasteiger partial charge in [-0.1, -0.05) is 41.9 Å². The Morgan fingerprint density at radius 3 is 2.18 bits per heavy atom. The largest absolute Gasteiger partial charge is 0.323 e. The number of rotatable bonds is 5. The highest BCUT2D eigenvalue weighted by Crippen LogP contribution is 2.23. The Balaban J connectivity index is 1.72. The molecule has 3 rings (SSSR count). The van der Waals surface area contributed by atoms with Crippen molar-refractivity contribution < 1.29 is 13.2 Å². The van der Waals surface area contributed by atoms with E-state index in [4.69, 9.17) is 11.6 Å². The van der Waals surface area contributed by atoms with Crippen molar-refractivity contribution in [3.8, 4) is 0 Å². The Kier molecular flexibility index (Phi) is 5.87. The van der Waals surface area contributed by atoms with Gasteiger partial charge in [0.25, 0.3) is 10.0 Å². The highest BCUT2D eigenvalue weighted by Gasteiger charge is 2.15. The zero-order valence-corrected chi connectivity index (χ0v) is 16.5. The first-order chi connectivity index (χ1) is 13.3. The summed E-state index contributed by atoms with van der Waals surface area (Å²) in [4.78, 5) is 12.2. The highest BCUT2D eigenvalue weighted by molar-refractivity contribution is 7.92. The van der Waals surface area contributed by atoms with E-state index in [1.54, 1.807) is 43.3 Å². The van der Waals surface area contributed by atoms with E-state index >= 15 is 0 Å². The number of sulfonamides is 1. The van der Waals surface area contributed by atoms with Crippen molar-refractivity contribution in [1.82, 2.24) is 0 Å². The number of urea groups is 1. The number of para-hydroxylation sites is 1. The minimum Gasteiger partial charge on any atom is -0.308 e. The highest BCUT2D eigenvalue weighted by atomic mass is 35.5. The fourth-order valence-corrected chi connectivity index (χ4v) is 3.75. The average molecular weight is 416 g/mol. The molecule has 3 N–H and O–H groups in total. The molecule has 6 nitrogen and oxygen atoms in total. The summed E-state index contributed by atoms with van der Waals surface area (Å²) in [6, 6.07) is 19.5. The molecule has 144 valence electrons. The molecule has 3 aromatic rings. The van der Waals surface area contributed by atoms with E-state index in [-0.39, 0.29) is 4.90 Å². The molecule has 0 spiro atoms. The van der Waals surface area contributed by atoms with Crippen LogP contribution in [0.3, 0.4) is 0 Å². The number of halogens is 1. The average Bonchev–Trinajstić information content (AvgIpc) is 2.64. The molecule has 3 aromatic carbocycles. The Hall–Kier alpha value is -3.03. The minimum atomic E-state index is -3.81. The van der Waals surface area contributed by atoms with Crippen LogP contribution in [0.2, 0.25) is 5.02 Å². The van der Waals surface area contributed by atoms with Gasteiger partial charge in [0, 0.05) is 16.4 Å². The van der Waals surface area contributed by atoms with Gasteiger partial charge in [0.2, 0.25) is 0 Å². The normalized spacial score (nSPS) is 10.9. The lowest BCUT2D eigenvalue weighted by atomic mass is 10.2. The Morgan fingerprint density at radius 1 is 0.821 bits per heavy atom. The van der Waals surface area contributed by atoms with Gasteiger partial charge in [0.1, 0.15) is 0 Å². The van der Waals surface area contributed by atoms with Gasteiger partial charge in [0.15, 0.2) is 0 Å². The summed E-state index contributed by atoms with van der Waals surface area (Å²) in [5, 5.41) is 5.73. The predicted octanol–water partition coefficient (Wildman–Crippen LogP) is 5.09. The molecule has 0 aliphatic carbocycles. The van der Waals surface area contributed by atoms with E-state index in [9.17, 15) is 13.2 Å². The molecule has 0 radical (unpaired) electrons. The number of aryl methyl sites for hydroxylation is 1. The maximum Gasteiger partial charge on any atom is 0.323 e. The molecule has 2 amide bonds. The van der Waals surface area contributed by atoms with Crippen molar-refractivity contribution in [3.05, 3.63) is 83.4 Å². The summed E-state index contributed by atoms with van der Waals surface area (Å²) in [6.45, 7) is 1.79. The third-order valence-corrected chi connectivity index (χ3v) is 5.64. The third kappa shape index (κ3) is 5.03. The Labute approximate surface area is 168 Å². The van der Waals surface area contributed by atoms with Gasteiger partial charge >= 0.3 is 6.03 Å². The number of nitrogens with one attached hydrogen (secondary N) is 3. The van der Waals surface area contributed by atoms with Crippen molar-refractivity contribution in [2.24, 2.45) is 0 Å². The molecule has 0 heterocycles. The maximum atomic E-state index is 12.6. The molecule has 0 unspecified atom stereocenters. The van der Waals surface area contributed by atoms with E-state index in [2.05, 4.69) is 15.4 Å². The molecule has 0 saturated heterocycles. The quantitative estimate of drug-likeness (QED) is 0.542. The van der Waals surface area contributed by atoms with Crippen LogP contribution in [0.5, 0.6) is 0 Å². The Morgan fingerprint density at radius 2 is 1.46 bits per heavy atom. The van der Waals surface area contributed by atoms with Gasteiger partial charge in [-0.05, 0) is 55.0 Å². The molecular weight excluding hydrogens is 398 g/mol. The number of anilines is 3. The second kappa shape index (κ2) is 8.33. The topological polar surface area (TPSA) is 87.3 Å². The minimum absolute atomic E-state index is 0.0586. The van der Waals surface area contributed by atoms with Crippen LogP contribution in [0.25, 0.3) is 0 Å². The van der Waals surface area contributed by atoms with Gasteiger partial charge in [-0.25, -0.2) is 13.2 Å². The SMILES string of the molecule is Cc1ccc(S(=O)(=O)Nc2cccc(NC(=O)Nc3ccccc3)c2)cc1Cl. The van der Waals surface area contributed by atoms with Crippen LogP contribution in [0, 0.1) is 6.92 Å². The van der Waals surface area contributed by atoms with E-state index in [0.717, 1.165) is 5.56 Å². The number of benzene rings is 3. The fraction of sp³-hybridized carbons (Fsp3) is 0.0500. The van der Waals surface area contributed by atoms with Gasteiger partial charge < -0.3 is 10.6 Å². The number of hydrogen-bond donors (Lipinski definition) is 3. The summed E-state index contributed by atoms with van der Waals surface area (Å²) in [6.07, 6.45) is 0. The van der Waals surface area contributed by atoms with Crippen molar-refractivity contribution >= 4 is 44.7 Å². The van der Waals surface area contributed by atoms with E-state index in [0.29, 0.717) is 22.1 Å². The molecule has 0 atom stereocenters. The molecule has 0 bridgehead atoms. The lowest BCUT2D eigenvalue weighted by Crippen LogP contribution is -2.19. The summed E-state index contributed by atoms with van der Waals surface area (Å²) in [5.41, 5.74) is 2.19. The lowest BCUT2D eigenvalue weighted by Gasteiger charge is -2.11. The van der Waals surface area contributed by atoms with Crippen LogP contribution in [0.15, 0.2) is 77.7 Å². The molecule has 28 heavy (non-hydrogen) atoms. The molecule has 0 fully saturated rings. The van der Waals surface area contributed by atoms with E-state index in [1.807, 2.05) is 18.2 Å². The fourth-order valence-electron chi connectivity index (χ4n) is 2.43. The van der Waals surface area contributed by atoms with Crippen molar-refractivity contribution in [2.45, 2.75) is 11.8 Å². The number of carbonyl (C=O) groups excluding carboxylic acids is 1. The van der Waals surface area contributed by atoms with E-state index < -0.39 is 16.1 Å². The molecule has 0 aromatic heterocycles. The van der Waals surface area contributed by atoms with Crippen molar-refractivity contribution in [1.29, 1.82) is 0 Å². The monoisotopic (exact) mass is 415 g/mol. The molecule has 8 heteroatoms. The van der Waals surface area contributed by atoms with Crippen LogP contribution < -0.4 is 15.4 Å². The predicted molar refractivity (Wildman–Crippen MR) is 113 cm³/mol. The Bertz CT molecular complexity index is 1100. The second-order valence-corrected chi connectivity index (χ2v) is 8.13. The van der Waals surface area contributed by atoms with Gasteiger partial charge in [-0.3, -0.25) is 4.72 Å².